The van der Waals surface area contributed by atoms with Gasteiger partial charge in [0.2, 0.25) is 0 Å². The van der Waals surface area contributed by atoms with E-state index in [0.29, 0.717) is 17.8 Å². The molecule has 2 heterocycles. The van der Waals surface area contributed by atoms with E-state index < -0.39 is 24.0 Å². The van der Waals surface area contributed by atoms with Gasteiger partial charge in [0.25, 0.3) is 0 Å². The van der Waals surface area contributed by atoms with Gasteiger partial charge in [-0.05, 0) is 67.3 Å². The Morgan fingerprint density at radius 2 is 1.71 bits per heavy atom. The van der Waals surface area contributed by atoms with Crippen molar-refractivity contribution < 1.29 is 19.1 Å². The lowest BCUT2D eigenvalue weighted by Gasteiger charge is -2.38. The quantitative estimate of drug-likeness (QED) is 0.326. The molecule has 6 unspecified atom stereocenters. The van der Waals surface area contributed by atoms with Crippen LogP contribution >= 0.6 is 0 Å². The fraction of sp³-hybridized carbons (Fsp3) is 0.367. The molecule has 3 aromatic rings. The van der Waals surface area contributed by atoms with Crippen molar-refractivity contribution in [3.63, 3.8) is 0 Å². The summed E-state index contributed by atoms with van der Waals surface area (Å²) in [6.07, 6.45) is 3.73. The Morgan fingerprint density at radius 1 is 1.00 bits per heavy atom. The zero-order valence-corrected chi connectivity index (χ0v) is 21.3. The summed E-state index contributed by atoms with van der Waals surface area (Å²) in [5.74, 6) is -1.77. The third kappa shape index (κ3) is 5.22. The number of nitrogens with zero attached hydrogens (tertiary/aromatic N) is 2. The van der Waals surface area contributed by atoms with Gasteiger partial charge in [-0.15, -0.1) is 0 Å². The maximum atomic E-state index is 13.3. The normalized spacial score (nSPS) is 25.4. The highest BCUT2D eigenvalue weighted by Gasteiger charge is 2.58. The van der Waals surface area contributed by atoms with Gasteiger partial charge in [-0.3, -0.25) is 14.8 Å². The van der Waals surface area contributed by atoms with Crippen LogP contribution in [0.3, 0.4) is 0 Å². The van der Waals surface area contributed by atoms with Crippen molar-refractivity contribution in [1.82, 2.24) is 9.97 Å². The van der Waals surface area contributed by atoms with Gasteiger partial charge in [0, 0.05) is 18.3 Å². The van der Waals surface area contributed by atoms with Gasteiger partial charge in [-0.2, -0.15) is 0 Å². The topological polar surface area (TPSA) is 128 Å². The number of ether oxygens (including phenoxy) is 2. The molecule has 2 fully saturated rings. The van der Waals surface area contributed by atoms with Crippen LogP contribution in [-0.4, -0.2) is 33.7 Å². The Labute approximate surface area is 222 Å². The number of esters is 2. The Morgan fingerprint density at radius 3 is 2.39 bits per heavy atom. The summed E-state index contributed by atoms with van der Waals surface area (Å²) in [6.45, 7) is 1.65. The van der Waals surface area contributed by atoms with Crippen LogP contribution in [0.25, 0.3) is 0 Å². The van der Waals surface area contributed by atoms with Crippen molar-refractivity contribution in [1.29, 1.82) is 5.41 Å². The number of hydrogen-bond donors (Lipinski definition) is 2. The van der Waals surface area contributed by atoms with E-state index in [-0.39, 0.29) is 36.3 Å². The molecule has 2 aromatic heterocycles. The molecule has 38 heavy (non-hydrogen) atoms. The molecule has 196 valence electrons. The van der Waals surface area contributed by atoms with E-state index in [0.717, 1.165) is 17.7 Å². The predicted octanol–water partition coefficient (Wildman–Crippen LogP) is 4.11. The molecular formula is C30H32N4O4. The average molecular weight is 513 g/mol. The first-order valence-corrected chi connectivity index (χ1v) is 13.0. The van der Waals surface area contributed by atoms with Crippen LogP contribution in [0.5, 0.6) is 0 Å². The molecule has 0 radical (unpaired) electrons. The van der Waals surface area contributed by atoms with Crippen LogP contribution in [0.1, 0.15) is 42.8 Å². The van der Waals surface area contributed by atoms with Gasteiger partial charge in [0.1, 0.15) is 6.61 Å². The third-order valence-corrected chi connectivity index (χ3v) is 7.94. The highest BCUT2D eigenvalue weighted by atomic mass is 16.6. The van der Waals surface area contributed by atoms with E-state index >= 15 is 0 Å². The minimum absolute atomic E-state index is 0.0540. The largest absolute Gasteiger partial charge is 0.458 e. The van der Waals surface area contributed by atoms with E-state index in [1.165, 1.54) is 6.92 Å². The molecule has 8 nitrogen and oxygen atoms in total. The lowest BCUT2D eigenvalue weighted by Crippen LogP contribution is -2.43. The summed E-state index contributed by atoms with van der Waals surface area (Å²) >= 11 is 0. The zero-order valence-electron chi connectivity index (χ0n) is 21.3. The first-order valence-electron chi connectivity index (χ1n) is 13.0. The number of hydrogen-bond acceptors (Lipinski definition) is 8. The van der Waals surface area contributed by atoms with Crippen molar-refractivity contribution in [2.75, 3.05) is 0 Å². The van der Waals surface area contributed by atoms with E-state index in [9.17, 15) is 9.59 Å². The van der Waals surface area contributed by atoms with Gasteiger partial charge < -0.3 is 20.6 Å². The minimum Gasteiger partial charge on any atom is -0.458 e. The third-order valence-electron chi connectivity index (χ3n) is 7.94. The van der Waals surface area contributed by atoms with Crippen molar-refractivity contribution in [2.24, 2.45) is 35.3 Å². The standard InChI is InChI=1S/C30H32N4O4/c1-18(29(35)37-17-19-9-3-2-4-10-19)38-30(36)22-16-20-15-21(22)26(28(32)24-12-6-8-14-34-24)25(20)27(31)23-11-5-7-13-33-23/h2-14,18,20-22,25-27,32H,15-17,31H2,1H3/t18-,20?,21?,22?,25?,26?,27?/m0/s1. The van der Waals surface area contributed by atoms with Crippen LogP contribution in [0.15, 0.2) is 79.1 Å². The van der Waals surface area contributed by atoms with Gasteiger partial charge in [0.15, 0.2) is 6.10 Å². The maximum Gasteiger partial charge on any atom is 0.347 e. The van der Waals surface area contributed by atoms with E-state index in [1.54, 1.807) is 12.4 Å². The molecule has 5 rings (SSSR count). The number of nitrogens with two attached hydrogens (primary N) is 1. The first-order chi connectivity index (χ1) is 18.4. The van der Waals surface area contributed by atoms with Crippen LogP contribution in [0, 0.1) is 35.0 Å². The van der Waals surface area contributed by atoms with Crippen LogP contribution in [0.2, 0.25) is 0 Å². The molecule has 0 saturated heterocycles. The van der Waals surface area contributed by atoms with E-state index in [4.69, 9.17) is 20.6 Å². The summed E-state index contributed by atoms with van der Waals surface area (Å²) in [6, 6.07) is 20.1. The van der Waals surface area contributed by atoms with Crippen LogP contribution < -0.4 is 5.73 Å². The molecule has 2 aliphatic rings. The average Bonchev–Trinajstić information content (AvgIpc) is 3.56. The van der Waals surface area contributed by atoms with E-state index in [1.807, 2.05) is 66.7 Å². The lowest BCUT2D eigenvalue weighted by atomic mass is 9.68. The second-order valence-electron chi connectivity index (χ2n) is 10.2. The molecule has 2 saturated carbocycles. The number of benzene rings is 1. The number of carbonyl (C=O) groups excluding carboxylic acids is 2. The van der Waals surface area contributed by atoms with Crippen molar-refractivity contribution >= 4 is 17.7 Å². The summed E-state index contributed by atoms with van der Waals surface area (Å²) < 4.78 is 11.0. The van der Waals surface area contributed by atoms with Crippen molar-refractivity contribution in [2.45, 2.75) is 38.5 Å². The molecule has 7 atom stereocenters. The van der Waals surface area contributed by atoms with Gasteiger partial charge in [-0.25, -0.2) is 4.79 Å². The van der Waals surface area contributed by atoms with Crippen molar-refractivity contribution in [3.8, 4) is 0 Å². The highest BCUT2D eigenvalue weighted by molar-refractivity contribution is 5.99. The van der Waals surface area contributed by atoms with Crippen LogP contribution in [-0.2, 0) is 25.7 Å². The number of rotatable bonds is 9. The second kappa shape index (κ2) is 11.2. The molecule has 0 aliphatic heterocycles. The molecular weight excluding hydrogens is 480 g/mol. The molecule has 3 N–H and O–H groups in total. The van der Waals surface area contributed by atoms with Gasteiger partial charge >= 0.3 is 11.9 Å². The monoisotopic (exact) mass is 512 g/mol. The number of nitrogens with one attached hydrogen (secondary N) is 1. The Kier molecular flexibility index (Phi) is 7.60. The Balaban J connectivity index is 1.30. The summed E-state index contributed by atoms with van der Waals surface area (Å²) in [5.41, 5.74) is 9.35. The Hall–Kier alpha value is -3.91. The fourth-order valence-electron chi connectivity index (χ4n) is 6.21. The molecule has 0 spiro atoms. The Bertz CT molecular complexity index is 1270. The lowest BCUT2D eigenvalue weighted by molar-refractivity contribution is -0.171. The second-order valence-corrected chi connectivity index (χ2v) is 10.2. The smallest absolute Gasteiger partial charge is 0.347 e. The summed E-state index contributed by atoms with van der Waals surface area (Å²) in [7, 11) is 0. The predicted molar refractivity (Wildman–Crippen MR) is 141 cm³/mol. The van der Waals surface area contributed by atoms with Crippen LogP contribution in [0.4, 0.5) is 0 Å². The molecule has 8 heteroatoms. The SMILES string of the molecule is C[C@H](OC(=O)C1CC2CC1C(C(=N)c1ccccn1)C2C(N)c1ccccn1)C(=O)OCc1ccccc1. The zero-order chi connectivity index (χ0) is 26.6. The number of fused-ring (bicyclic) bond motifs is 2. The van der Waals surface area contributed by atoms with Gasteiger partial charge in [0.05, 0.1) is 29.1 Å². The number of pyridine rings is 2. The first kappa shape index (κ1) is 25.7. The molecule has 1 aromatic carbocycles. The van der Waals surface area contributed by atoms with Crippen molar-refractivity contribution in [3.05, 3.63) is 96.1 Å². The number of aromatic nitrogens is 2. The molecule has 2 aliphatic carbocycles. The van der Waals surface area contributed by atoms with Gasteiger partial charge in [-0.1, -0.05) is 42.5 Å². The number of carbonyl (C=O) groups is 2. The summed E-state index contributed by atoms with van der Waals surface area (Å²) in [5, 5.41) is 9.08. The molecule has 0 amide bonds. The summed E-state index contributed by atoms with van der Waals surface area (Å²) in [4.78, 5) is 34.7. The fourth-order valence-corrected chi connectivity index (χ4v) is 6.21. The maximum absolute atomic E-state index is 13.3. The minimum atomic E-state index is -1.02. The highest BCUT2D eigenvalue weighted by Crippen LogP contribution is 2.59. The molecule has 2 bridgehead atoms. The van der Waals surface area contributed by atoms with E-state index in [2.05, 4.69) is 9.97 Å².